The normalized spacial score (nSPS) is 16.9. The number of anilines is 1. The number of aliphatic hydroxyl groups excluding tert-OH is 1. The van der Waals surface area contributed by atoms with Gasteiger partial charge in [0.1, 0.15) is 17.3 Å². The van der Waals surface area contributed by atoms with E-state index in [0.717, 1.165) is 5.56 Å². The van der Waals surface area contributed by atoms with Gasteiger partial charge in [0.15, 0.2) is 0 Å². The second-order valence-electron chi connectivity index (χ2n) is 7.81. The molecule has 0 radical (unpaired) electrons. The van der Waals surface area contributed by atoms with Crippen LogP contribution in [-0.2, 0) is 9.59 Å². The summed E-state index contributed by atoms with van der Waals surface area (Å²) in [6, 6.07) is 19.7. The highest BCUT2D eigenvalue weighted by atomic mass is 16.5. The Bertz CT molecular complexity index is 1350. The summed E-state index contributed by atoms with van der Waals surface area (Å²) < 4.78 is 10.8. The highest BCUT2D eigenvalue weighted by molar-refractivity contribution is 6.51. The lowest BCUT2D eigenvalue weighted by Crippen LogP contribution is -2.29. The third-order valence-corrected chi connectivity index (χ3v) is 5.74. The maximum absolute atomic E-state index is 13.3. The van der Waals surface area contributed by atoms with E-state index >= 15 is 0 Å². The molecule has 4 rings (SSSR count). The van der Waals surface area contributed by atoms with Crippen molar-refractivity contribution < 1.29 is 24.2 Å². The Balaban J connectivity index is 1.99. The summed E-state index contributed by atoms with van der Waals surface area (Å²) in [7, 11) is 2.99. The average molecular weight is 454 g/mol. The minimum atomic E-state index is -0.923. The summed E-state index contributed by atoms with van der Waals surface area (Å²) in [5.41, 5.74) is 2.52. The topological polar surface area (TPSA) is 99.9 Å². The van der Waals surface area contributed by atoms with Gasteiger partial charge in [-0.05, 0) is 61.0 Å². The van der Waals surface area contributed by atoms with Gasteiger partial charge in [0.2, 0.25) is 0 Å². The van der Waals surface area contributed by atoms with Crippen LogP contribution in [-0.4, -0.2) is 31.0 Å². The van der Waals surface area contributed by atoms with Crippen LogP contribution in [0.4, 0.5) is 5.69 Å². The van der Waals surface area contributed by atoms with Crippen molar-refractivity contribution in [2.75, 3.05) is 19.1 Å². The lowest BCUT2D eigenvalue weighted by molar-refractivity contribution is -0.132. The van der Waals surface area contributed by atoms with Crippen LogP contribution in [0.25, 0.3) is 5.76 Å². The lowest BCUT2D eigenvalue weighted by atomic mass is 9.94. The first kappa shape index (κ1) is 22.6. The summed E-state index contributed by atoms with van der Waals surface area (Å²) in [6.45, 7) is 1.85. The number of ketones is 1. The zero-order chi connectivity index (χ0) is 24.4. The number of aliphatic hydroxyl groups is 1. The predicted molar refractivity (Wildman–Crippen MR) is 127 cm³/mol. The van der Waals surface area contributed by atoms with Gasteiger partial charge in [-0.1, -0.05) is 23.8 Å². The van der Waals surface area contributed by atoms with Crippen molar-refractivity contribution in [2.24, 2.45) is 0 Å². The number of Topliss-reactive ketones (excluding diaryl/α,β-unsaturated/α-hetero) is 1. The zero-order valence-electron chi connectivity index (χ0n) is 18.9. The zero-order valence-corrected chi connectivity index (χ0v) is 18.9. The van der Waals surface area contributed by atoms with Crippen LogP contribution in [0.2, 0.25) is 0 Å². The molecule has 0 saturated carbocycles. The van der Waals surface area contributed by atoms with Crippen LogP contribution < -0.4 is 14.4 Å². The van der Waals surface area contributed by atoms with Gasteiger partial charge in [0.05, 0.1) is 43.0 Å². The summed E-state index contributed by atoms with van der Waals surface area (Å²) >= 11 is 0. The molecule has 7 nitrogen and oxygen atoms in total. The fourth-order valence-corrected chi connectivity index (χ4v) is 4.07. The van der Waals surface area contributed by atoms with Gasteiger partial charge in [0.25, 0.3) is 11.7 Å². The second kappa shape index (κ2) is 9.12. The minimum Gasteiger partial charge on any atom is -0.507 e. The van der Waals surface area contributed by atoms with Gasteiger partial charge < -0.3 is 14.6 Å². The molecule has 1 N–H and O–H groups in total. The molecule has 0 aromatic heterocycles. The Labute approximate surface area is 197 Å². The van der Waals surface area contributed by atoms with Crippen molar-refractivity contribution in [1.29, 1.82) is 5.26 Å². The van der Waals surface area contributed by atoms with Crippen molar-refractivity contribution in [1.82, 2.24) is 0 Å². The van der Waals surface area contributed by atoms with Crippen molar-refractivity contribution in [3.8, 4) is 17.6 Å². The van der Waals surface area contributed by atoms with E-state index in [-0.39, 0.29) is 11.3 Å². The number of aryl methyl sites for hydroxylation is 1. The largest absolute Gasteiger partial charge is 0.507 e. The number of nitriles is 1. The third-order valence-electron chi connectivity index (χ3n) is 5.74. The van der Waals surface area contributed by atoms with Gasteiger partial charge in [-0.15, -0.1) is 0 Å². The van der Waals surface area contributed by atoms with Crippen LogP contribution in [0.15, 0.2) is 72.3 Å². The number of carbonyl (C=O) groups excluding carboxylic acids is 2. The van der Waals surface area contributed by atoms with Gasteiger partial charge >= 0.3 is 0 Å². The standard InChI is InChI=1S/C27H22N2O5/c1-16-7-12-22(34-3)21(13-16)25(30)23-24(18-5-4-6-20(14-18)33-2)29(27(32)26(23)31)19-10-8-17(15-28)9-11-19/h4-14,24,30H,1-3H3/b25-23+. The molecular weight excluding hydrogens is 432 g/mol. The number of ether oxygens (including phenoxy) is 2. The highest BCUT2D eigenvalue weighted by Gasteiger charge is 2.47. The first-order valence-corrected chi connectivity index (χ1v) is 10.5. The maximum Gasteiger partial charge on any atom is 0.300 e. The number of hydrogen-bond acceptors (Lipinski definition) is 6. The van der Waals surface area contributed by atoms with Crippen LogP contribution in [0.5, 0.6) is 11.5 Å². The molecule has 0 aliphatic carbocycles. The van der Waals surface area contributed by atoms with E-state index in [4.69, 9.17) is 14.7 Å². The van der Waals surface area contributed by atoms with E-state index in [1.54, 1.807) is 60.7 Å². The quantitative estimate of drug-likeness (QED) is 0.346. The van der Waals surface area contributed by atoms with Crippen LogP contribution in [0.3, 0.4) is 0 Å². The van der Waals surface area contributed by atoms with Crippen molar-refractivity contribution in [3.63, 3.8) is 0 Å². The number of rotatable bonds is 5. The number of amides is 1. The maximum atomic E-state index is 13.3. The Morgan fingerprint density at radius 1 is 1.00 bits per heavy atom. The molecule has 3 aromatic carbocycles. The first-order valence-electron chi connectivity index (χ1n) is 10.5. The van der Waals surface area contributed by atoms with Gasteiger partial charge in [-0.3, -0.25) is 14.5 Å². The fourth-order valence-electron chi connectivity index (χ4n) is 4.07. The van der Waals surface area contributed by atoms with Crippen molar-refractivity contribution in [2.45, 2.75) is 13.0 Å². The van der Waals surface area contributed by atoms with Crippen LogP contribution in [0.1, 0.15) is 28.3 Å². The molecule has 1 atom stereocenters. The first-order chi connectivity index (χ1) is 16.4. The molecule has 1 unspecified atom stereocenters. The molecule has 1 heterocycles. The molecule has 1 amide bonds. The Morgan fingerprint density at radius 2 is 1.74 bits per heavy atom. The number of carbonyl (C=O) groups is 2. The van der Waals surface area contributed by atoms with Crippen molar-refractivity contribution >= 4 is 23.1 Å². The molecule has 0 bridgehead atoms. The Kier molecular flexibility index (Phi) is 6.07. The number of hydrogen-bond donors (Lipinski definition) is 1. The molecule has 170 valence electrons. The molecule has 1 saturated heterocycles. The number of nitrogens with zero attached hydrogens (tertiary/aromatic N) is 2. The molecule has 1 aliphatic rings. The molecule has 3 aromatic rings. The van der Waals surface area contributed by atoms with E-state index in [9.17, 15) is 14.7 Å². The molecule has 1 fully saturated rings. The molecule has 0 spiro atoms. The number of benzene rings is 3. The summed E-state index contributed by atoms with van der Waals surface area (Å²) in [5.74, 6) is -1.03. The minimum absolute atomic E-state index is 0.0634. The molecular formula is C27H22N2O5. The smallest absolute Gasteiger partial charge is 0.300 e. The Hall–Kier alpha value is -4.57. The molecule has 34 heavy (non-hydrogen) atoms. The fraction of sp³-hybridized carbons (Fsp3) is 0.148. The number of methoxy groups -OCH3 is 2. The lowest BCUT2D eigenvalue weighted by Gasteiger charge is -2.26. The predicted octanol–water partition coefficient (Wildman–Crippen LogP) is 4.51. The molecule has 7 heteroatoms. The average Bonchev–Trinajstić information content (AvgIpc) is 3.14. The summed E-state index contributed by atoms with van der Waals surface area (Å²) in [5, 5.41) is 20.5. The van der Waals surface area contributed by atoms with E-state index in [1.165, 1.54) is 19.1 Å². The summed E-state index contributed by atoms with van der Waals surface area (Å²) in [4.78, 5) is 27.9. The second-order valence-corrected chi connectivity index (χ2v) is 7.81. The van der Waals surface area contributed by atoms with Crippen LogP contribution >= 0.6 is 0 Å². The highest BCUT2D eigenvalue weighted by Crippen LogP contribution is 2.44. The summed E-state index contributed by atoms with van der Waals surface area (Å²) in [6.07, 6.45) is 0. The van der Waals surface area contributed by atoms with E-state index in [2.05, 4.69) is 0 Å². The van der Waals surface area contributed by atoms with E-state index < -0.39 is 17.7 Å². The van der Waals surface area contributed by atoms with E-state index in [0.29, 0.717) is 33.9 Å². The van der Waals surface area contributed by atoms with Crippen molar-refractivity contribution in [3.05, 3.63) is 94.6 Å². The van der Waals surface area contributed by atoms with Gasteiger partial charge in [-0.2, -0.15) is 5.26 Å². The van der Waals surface area contributed by atoms with Gasteiger partial charge in [0, 0.05) is 5.69 Å². The van der Waals surface area contributed by atoms with Crippen LogP contribution in [0, 0.1) is 18.3 Å². The monoisotopic (exact) mass is 454 g/mol. The SMILES string of the molecule is COc1cccc(C2/C(=C(\O)c3cc(C)ccc3OC)C(=O)C(=O)N2c2ccc(C#N)cc2)c1. The molecule has 1 aliphatic heterocycles. The Morgan fingerprint density at radius 3 is 2.38 bits per heavy atom. The van der Waals surface area contributed by atoms with Gasteiger partial charge in [-0.25, -0.2) is 0 Å². The third kappa shape index (κ3) is 3.86. The van der Waals surface area contributed by atoms with E-state index in [1.807, 2.05) is 19.1 Å².